The Morgan fingerprint density at radius 1 is 0.957 bits per heavy atom. The molecule has 23 heavy (non-hydrogen) atoms. The molecule has 0 amide bonds. The van der Waals surface area contributed by atoms with Crippen LogP contribution in [-0.4, -0.2) is 23.1 Å². The zero-order chi connectivity index (χ0) is 15.6. The second-order valence-electron chi connectivity index (χ2n) is 6.68. The van der Waals surface area contributed by atoms with Crippen molar-refractivity contribution in [3.63, 3.8) is 0 Å². The molecule has 0 fully saturated rings. The average Bonchev–Trinajstić information content (AvgIpc) is 3.04. The molecular weight excluding hydrogens is 282 g/mol. The zero-order valence-corrected chi connectivity index (χ0v) is 13.5. The van der Waals surface area contributed by atoms with Crippen molar-refractivity contribution in [1.82, 2.24) is 4.90 Å². The molecule has 2 aliphatic rings. The third-order valence-corrected chi connectivity index (χ3v) is 5.12. The summed E-state index contributed by atoms with van der Waals surface area (Å²) >= 11 is 0. The highest BCUT2D eigenvalue weighted by Gasteiger charge is 2.18. The molecule has 118 valence electrons. The van der Waals surface area contributed by atoms with Crippen LogP contribution in [0.1, 0.15) is 35.1 Å². The van der Waals surface area contributed by atoms with Crippen LogP contribution in [0.25, 0.3) is 5.57 Å². The summed E-state index contributed by atoms with van der Waals surface area (Å²) in [6.45, 7) is 2.86. The lowest BCUT2D eigenvalue weighted by Crippen LogP contribution is -2.28. The lowest BCUT2D eigenvalue weighted by Gasteiger charge is -2.27. The molecular formula is C21H23NO. The van der Waals surface area contributed by atoms with E-state index in [1.54, 1.807) is 0 Å². The van der Waals surface area contributed by atoms with Gasteiger partial charge in [-0.05, 0) is 54.0 Å². The molecule has 1 N–H and O–H groups in total. The highest BCUT2D eigenvalue weighted by Crippen LogP contribution is 2.31. The third-order valence-electron chi connectivity index (χ3n) is 5.12. The second-order valence-corrected chi connectivity index (χ2v) is 6.68. The topological polar surface area (TPSA) is 23.5 Å². The van der Waals surface area contributed by atoms with Crippen LogP contribution in [0.2, 0.25) is 0 Å². The molecule has 2 aromatic carbocycles. The number of rotatable bonds is 3. The van der Waals surface area contributed by atoms with Crippen molar-refractivity contribution >= 4 is 5.57 Å². The molecule has 0 bridgehead atoms. The lowest BCUT2D eigenvalue weighted by molar-refractivity contribution is 0.289. The fourth-order valence-corrected chi connectivity index (χ4v) is 3.80. The van der Waals surface area contributed by atoms with Crippen molar-refractivity contribution in [2.24, 2.45) is 0 Å². The lowest BCUT2D eigenvalue weighted by atomic mass is 9.99. The van der Waals surface area contributed by atoms with Gasteiger partial charge in [0.15, 0.2) is 0 Å². The van der Waals surface area contributed by atoms with Gasteiger partial charge in [-0.1, -0.05) is 42.5 Å². The van der Waals surface area contributed by atoms with E-state index in [1.165, 1.54) is 35.1 Å². The minimum absolute atomic E-state index is 0.475. The summed E-state index contributed by atoms with van der Waals surface area (Å²) in [6, 6.07) is 14.9. The summed E-state index contributed by atoms with van der Waals surface area (Å²) in [6.07, 6.45) is 6.93. The van der Waals surface area contributed by atoms with E-state index < -0.39 is 0 Å². The van der Waals surface area contributed by atoms with Crippen LogP contribution in [0.15, 0.2) is 48.5 Å². The van der Waals surface area contributed by atoms with Crippen LogP contribution < -0.4 is 0 Å². The highest BCUT2D eigenvalue weighted by molar-refractivity contribution is 5.66. The Bertz CT molecular complexity index is 733. The molecule has 1 aliphatic heterocycles. The Kier molecular flexibility index (Phi) is 3.92. The summed E-state index contributed by atoms with van der Waals surface area (Å²) in [4.78, 5) is 2.42. The van der Waals surface area contributed by atoms with Gasteiger partial charge in [-0.25, -0.2) is 0 Å². The van der Waals surface area contributed by atoms with E-state index in [1.807, 2.05) is 6.07 Å². The Hall–Kier alpha value is -2.06. The summed E-state index contributed by atoms with van der Waals surface area (Å²) in [5.74, 6) is 0.475. The van der Waals surface area contributed by atoms with E-state index in [2.05, 4.69) is 47.4 Å². The standard InChI is InChI=1S/C21H23NO/c23-21-14-19-8-4-7-18(19)13-20(21)15-22-11-9-17(10-12-22)16-5-2-1-3-6-16/h1-3,5-6,9,13-14,23H,4,7-8,10-12,15H2. The molecule has 2 aromatic rings. The van der Waals surface area contributed by atoms with Crippen molar-refractivity contribution in [2.75, 3.05) is 13.1 Å². The summed E-state index contributed by atoms with van der Waals surface area (Å²) < 4.78 is 0. The van der Waals surface area contributed by atoms with E-state index in [0.717, 1.165) is 38.0 Å². The molecule has 2 heteroatoms. The van der Waals surface area contributed by atoms with Gasteiger partial charge >= 0.3 is 0 Å². The summed E-state index contributed by atoms with van der Waals surface area (Å²) in [7, 11) is 0. The van der Waals surface area contributed by atoms with Crippen LogP contribution in [0.3, 0.4) is 0 Å². The van der Waals surface area contributed by atoms with Gasteiger partial charge in [-0.2, -0.15) is 0 Å². The Balaban J connectivity index is 1.46. The van der Waals surface area contributed by atoms with E-state index in [4.69, 9.17) is 0 Å². The Morgan fingerprint density at radius 2 is 1.74 bits per heavy atom. The number of aromatic hydroxyl groups is 1. The Morgan fingerprint density at radius 3 is 2.48 bits per heavy atom. The molecule has 0 saturated heterocycles. The monoisotopic (exact) mass is 305 g/mol. The molecule has 0 atom stereocenters. The number of hydrogen-bond acceptors (Lipinski definition) is 2. The maximum atomic E-state index is 10.3. The molecule has 0 spiro atoms. The molecule has 0 radical (unpaired) electrons. The highest BCUT2D eigenvalue weighted by atomic mass is 16.3. The molecule has 0 saturated carbocycles. The minimum Gasteiger partial charge on any atom is -0.508 e. The van der Waals surface area contributed by atoms with Crippen molar-refractivity contribution in [2.45, 2.75) is 32.2 Å². The van der Waals surface area contributed by atoms with Gasteiger partial charge in [0.1, 0.15) is 5.75 Å². The largest absolute Gasteiger partial charge is 0.508 e. The maximum Gasteiger partial charge on any atom is 0.120 e. The number of fused-ring (bicyclic) bond motifs is 1. The summed E-state index contributed by atoms with van der Waals surface area (Å²) in [5, 5.41) is 10.3. The second kappa shape index (κ2) is 6.21. The van der Waals surface area contributed by atoms with Crippen LogP contribution in [0, 0.1) is 0 Å². The Labute approximate surface area is 138 Å². The normalized spacial score (nSPS) is 17.8. The minimum atomic E-state index is 0.475. The molecule has 2 nitrogen and oxygen atoms in total. The first-order valence-corrected chi connectivity index (χ1v) is 8.60. The number of phenolic OH excluding ortho intramolecular Hbond substituents is 1. The predicted octanol–water partition coefficient (Wildman–Crippen LogP) is 4.17. The SMILES string of the molecule is Oc1cc2c(cc1CN1CC=C(c3ccccc3)CC1)CCC2. The van der Waals surface area contributed by atoms with Gasteiger partial charge in [0.25, 0.3) is 0 Å². The average molecular weight is 305 g/mol. The van der Waals surface area contributed by atoms with Gasteiger partial charge in [0, 0.05) is 25.2 Å². The fourth-order valence-electron chi connectivity index (χ4n) is 3.80. The predicted molar refractivity (Wildman–Crippen MR) is 94.4 cm³/mol. The molecule has 1 heterocycles. The first-order chi connectivity index (χ1) is 11.3. The van der Waals surface area contributed by atoms with Gasteiger partial charge in [-0.15, -0.1) is 0 Å². The zero-order valence-electron chi connectivity index (χ0n) is 13.5. The van der Waals surface area contributed by atoms with E-state index in [-0.39, 0.29) is 0 Å². The number of nitrogens with zero attached hydrogens (tertiary/aromatic N) is 1. The number of phenols is 1. The van der Waals surface area contributed by atoms with Crippen LogP contribution in [0.5, 0.6) is 5.75 Å². The van der Waals surface area contributed by atoms with E-state index in [9.17, 15) is 5.11 Å². The van der Waals surface area contributed by atoms with Crippen molar-refractivity contribution < 1.29 is 5.11 Å². The molecule has 0 unspecified atom stereocenters. The van der Waals surface area contributed by atoms with Crippen molar-refractivity contribution in [3.8, 4) is 5.75 Å². The quantitative estimate of drug-likeness (QED) is 0.920. The number of hydrogen-bond donors (Lipinski definition) is 1. The molecule has 4 rings (SSSR count). The first-order valence-electron chi connectivity index (χ1n) is 8.60. The van der Waals surface area contributed by atoms with Crippen LogP contribution >= 0.6 is 0 Å². The van der Waals surface area contributed by atoms with Gasteiger partial charge < -0.3 is 5.11 Å². The molecule has 0 aromatic heterocycles. The van der Waals surface area contributed by atoms with Gasteiger partial charge in [-0.3, -0.25) is 4.90 Å². The smallest absolute Gasteiger partial charge is 0.120 e. The first kappa shape index (κ1) is 14.5. The maximum absolute atomic E-state index is 10.3. The fraction of sp³-hybridized carbons (Fsp3) is 0.333. The number of aryl methyl sites for hydroxylation is 2. The molecule has 1 aliphatic carbocycles. The summed E-state index contributed by atoms with van der Waals surface area (Å²) in [5.41, 5.74) is 6.65. The third kappa shape index (κ3) is 3.04. The van der Waals surface area contributed by atoms with Crippen LogP contribution in [-0.2, 0) is 19.4 Å². The van der Waals surface area contributed by atoms with Crippen molar-refractivity contribution in [3.05, 3.63) is 70.8 Å². The van der Waals surface area contributed by atoms with Crippen LogP contribution in [0.4, 0.5) is 0 Å². The number of benzene rings is 2. The van der Waals surface area contributed by atoms with E-state index >= 15 is 0 Å². The van der Waals surface area contributed by atoms with Gasteiger partial charge in [0.05, 0.1) is 0 Å². The van der Waals surface area contributed by atoms with Gasteiger partial charge in [0.2, 0.25) is 0 Å². The van der Waals surface area contributed by atoms with Crippen molar-refractivity contribution in [1.29, 1.82) is 0 Å². The van der Waals surface area contributed by atoms with E-state index in [0.29, 0.717) is 5.75 Å².